The molecule has 4 rings (SSSR count). The molecule has 0 atom stereocenters. The van der Waals surface area contributed by atoms with Gasteiger partial charge in [-0.3, -0.25) is 4.79 Å². The van der Waals surface area contributed by atoms with E-state index in [1.54, 1.807) is 12.3 Å². The lowest BCUT2D eigenvalue weighted by atomic mass is 10.1. The number of hydrogen-bond acceptors (Lipinski definition) is 1. The summed E-state index contributed by atoms with van der Waals surface area (Å²) in [7, 11) is 0. The smallest absolute Gasteiger partial charge is 0.224 e. The van der Waals surface area contributed by atoms with Crippen LogP contribution in [0.2, 0.25) is 0 Å². The summed E-state index contributed by atoms with van der Waals surface area (Å²) in [5, 5.41) is 4.82. The van der Waals surface area contributed by atoms with E-state index in [2.05, 4.69) is 27.4 Å². The molecule has 5 heteroatoms. The molecule has 0 aliphatic carbocycles. The Kier molecular flexibility index (Phi) is 3.76. The van der Waals surface area contributed by atoms with E-state index in [9.17, 15) is 9.18 Å². The monoisotopic (exact) mass is 335 g/mol. The van der Waals surface area contributed by atoms with Crippen molar-refractivity contribution >= 4 is 27.7 Å². The van der Waals surface area contributed by atoms with Crippen LogP contribution in [0.3, 0.4) is 0 Å². The first-order valence-electron chi connectivity index (χ1n) is 8.19. The molecule has 4 aromatic rings. The predicted octanol–water partition coefficient (Wildman–Crippen LogP) is 3.96. The summed E-state index contributed by atoms with van der Waals surface area (Å²) in [4.78, 5) is 18.4. The summed E-state index contributed by atoms with van der Waals surface area (Å²) in [5.41, 5.74) is 4.49. The van der Waals surface area contributed by atoms with Crippen LogP contribution in [0.15, 0.2) is 48.7 Å². The predicted molar refractivity (Wildman–Crippen MR) is 96.8 cm³/mol. The second-order valence-corrected chi connectivity index (χ2v) is 6.30. The first-order chi connectivity index (χ1) is 12.1. The van der Waals surface area contributed by atoms with Crippen molar-refractivity contribution in [3.05, 3.63) is 71.3 Å². The standard InChI is InChI=1S/C20H18FN3O/c1-12-7-14-8-13(5-6-18(14)24-12)10-22-19(25)9-15-11-23-20-16(15)3-2-4-17(20)21/h2-8,11,23-24H,9-10H2,1H3,(H,22,25). The molecule has 2 aromatic heterocycles. The van der Waals surface area contributed by atoms with Gasteiger partial charge in [0.25, 0.3) is 0 Å². The number of aromatic nitrogens is 2. The third kappa shape index (κ3) is 3.01. The molecular weight excluding hydrogens is 317 g/mol. The lowest BCUT2D eigenvalue weighted by Gasteiger charge is -2.05. The quantitative estimate of drug-likeness (QED) is 0.519. The number of benzene rings is 2. The van der Waals surface area contributed by atoms with Gasteiger partial charge in [0.05, 0.1) is 11.9 Å². The first-order valence-corrected chi connectivity index (χ1v) is 8.19. The van der Waals surface area contributed by atoms with E-state index in [1.165, 1.54) is 6.07 Å². The molecule has 0 aliphatic heterocycles. The Bertz CT molecular complexity index is 1080. The Balaban J connectivity index is 1.45. The maximum absolute atomic E-state index is 13.7. The Morgan fingerprint density at radius 3 is 2.96 bits per heavy atom. The molecule has 0 saturated heterocycles. The summed E-state index contributed by atoms with van der Waals surface area (Å²) in [5.74, 6) is -0.394. The first kappa shape index (κ1) is 15.4. The molecule has 0 spiro atoms. The third-order valence-electron chi connectivity index (χ3n) is 4.41. The molecule has 25 heavy (non-hydrogen) atoms. The Morgan fingerprint density at radius 2 is 2.08 bits per heavy atom. The van der Waals surface area contributed by atoms with Gasteiger partial charge in [0.2, 0.25) is 5.91 Å². The van der Waals surface area contributed by atoms with Crippen molar-refractivity contribution in [3.8, 4) is 0 Å². The van der Waals surface area contributed by atoms with Crippen LogP contribution in [0, 0.1) is 12.7 Å². The minimum Gasteiger partial charge on any atom is -0.359 e. The number of amides is 1. The Labute approximate surface area is 144 Å². The summed E-state index contributed by atoms with van der Waals surface area (Å²) in [6, 6.07) is 13.1. The number of para-hydroxylation sites is 1. The number of hydrogen-bond donors (Lipinski definition) is 3. The highest BCUT2D eigenvalue weighted by Gasteiger charge is 2.11. The Morgan fingerprint density at radius 1 is 1.20 bits per heavy atom. The topological polar surface area (TPSA) is 60.7 Å². The number of nitrogens with one attached hydrogen (secondary N) is 3. The van der Waals surface area contributed by atoms with Gasteiger partial charge in [0.15, 0.2) is 0 Å². The van der Waals surface area contributed by atoms with Crippen LogP contribution >= 0.6 is 0 Å². The zero-order valence-electron chi connectivity index (χ0n) is 13.8. The van der Waals surface area contributed by atoms with Gasteiger partial charge in [-0.25, -0.2) is 4.39 Å². The minimum atomic E-state index is -0.306. The lowest BCUT2D eigenvalue weighted by Crippen LogP contribution is -2.24. The largest absolute Gasteiger partial charge is 0.359 e. The second-order valence-electron chi connectivity index (χ2n) is 6.30. The molecule has 4 nitrogen and oxygen atoms in total. The molecule has 1 amide bonds. The van der Waals surface area contributed by atoms with Crippen molar-refractivity contribution in [2.45, 2.75) is 19.9 Å². The van der Waals surface area contributed by atoms with Crippen molar-refractivity contribution in [1.82, 2.24) is 15.3 Å². The fraction of sp³-hybridized carbons (Fsp3) is 0.150. The molecule has 126 valence electrons. The normalized spacial score (nSPS) is 11.3. The zero-order chi connectivity index (χ0) is 17.4. The van der Waals surface area contributed by atoms with E-state index in [-0.39, 0.29) is 18.1 Å². The maximum atomic E-state index is 13.7. The van der Waals surface area contributed by atoms with Crippen LogP contribution in [0.1, 0.15) is 16.8 Å². The van der Waals surface area contributed by atoms with Gasteiger partial charge in [0.1, 0.15) is 5.82 Å². The molecule has 0 aliphatic rings. The zero-order valence-corrected chi connectivity index (χ0v) is 13.8. The number of aromatic amines is 2. The van der Waals surface area contributed by atoms with Crippen LogP contribution in [-0.2, 0) is 17.8 Å². The number of aryl methyl sites for hydroxylation is 1. The number of rotatable bonds is 4. The van der Waals surface area contributed by atoms with Crippen molar-refractivity contribution in [1.29, 1.82) is 0 Å². The number of carbonyl (C=O) groups excluding carboxylic acids is 1. The average Bonchev–Trinajstić information content (AvgIpc) is 3.16. The molecular formula is C20H18FN3O. The van der Waals surface area contributed by atoms with E-state index in [4.69, 9.17) is 0 Å². The third-order valence-corrected chi connectivity index (χ3v) is 4.41. The number of H-pyrrole nitrogens is 2. The van der Waals surface area contributed by atoms with Crippen LogP contribution in [0.4, 0.5) is 4.39 Å². The van der Waals surface area contributed by atoms with Crippen molar-refractivity contribution in [2.75, 3.05) is 0 Å². The van der Waals surface area contributed by atoms with E-state index in [0.29, 0.717) is 12.1 Å². The van der Waals surface area contributed by atoms with Crippen LogP contribution in [0.25, 0.3) is 21.8 Å². The van der Waals surface area contributed by atoms with E-state index >= 15 is 0 Å². The maximum Gasteiger partial charge on any atom is 0.224 e. The summed E-state index contributed by atoms with van der Waals surface area (Å²) in [6.07, 6.45) is 1.91. The molecule has 0 fully saturated rings. The van der Waals surface area contributed by atoms with Crippen LogP contribution in [-0.4, -0.2) is 15.9 Å². The molecule has 2 aromatic carbocycles. The van der Waals surface area contributed by atoms with Gasteiger partial charge in [0, 0.05) is 29.3 Å². The molecule has 3 N–H and O–H groups in total. The summed E-state index contributed by atoms with van der Waals surface area (Å²) >= 11 is 0. The van der Waals surface area contributed by atoms with E-state index < -0.39 is 0 Å². The van der Waals surface area contributed by atoms with Gasteiger partial charge in [-0.1, -0.05) is 18.2 Å². The SMILES string of the molecule is Cc1cc2cc(CNC(=O)Cc3c[nH]c4c(F)cccc34)ccc2[nH]1. The van der Waals surface area contributed by atoms with Crippen molar-refractivity contribution in [3.63, 3.8) is 0 Å². The van der Waals surface area contributed by atoms with Gasteiger partial charge in [-0.15, -0.1) is 0 Å². The van der Waals surface area contributed by atoms with Gasteiger partial charge in [-0.2, -0.15) is 0 Å². The molecule has 0 radical (unpaired) electrons. The molecule has 0 bridgehead atoms. The van der Waals surface area contributed by atoms with Crippen molar-refractivity contribution < 1.29 is 9.18 Å². The van der Waals surface area contributed by atoms with E-state index in [0.717, 1.165) is 33.1 Å². The fourth-order valence-corrected chi connectivity index (χ4v) is 3.20. The summed E-state index contributed by atoms with van der Waals surface area (Å²) in [6.45, 7) is 2.49. The highest BCUT2D eigenvalue weighted by atomic mass is 19.1. The Hall–Kier alpha value is -3.08. The number of fused-ring (bicyclic) bond motifs is 2. The number of carbonyl (C=O) groups is 1. The molecule has 0 saturated carbocycles. The summed E-state index contributed by atoms with van der Waals surface area (Å²) < 4.78 is 13.7. The van der Waals surface area contributed by atoms with Gasteiger partial charge in [-0.05, 0) is 47.7 Å². The van der Waals surface area contributed by atoms with Gasteiger partial charge < -0.3 is 15.3 Å². The van der Waals surface area contributed by atoms with E-state index in [1.807, 2.05) is 25.1 Å². The lowest BCUT2D eigenvalue weighted by molar-refractivity contribution is -0.120. The fourth-order valence-electron chi connectivity index (χ4n) is 3.20. The van der Waals surface area contributed by atoms with Gasteiger partial charge >= 0.3 is 0 Å². The van der Waals surface area contributed by atoms with Crippen molar-refractivity contribution in [2.24, 2.45) is 0 Å². The minimum absolute atomic E-state index is 0.0875. The number of halogens is 1. The average molecular weight is 335 g/mol. The highest BCUT2D eigenvalue weighted by molar-refractivity contribution is 5.89. The van der Waals surface area contributed by atoms with Crippen LogP contribution < -0.4 is 5.32 Å². The second kappa shape index (κ2) is 6.09. The van der Waals surface area contributed by atoms with Crippen LogP contribution in [0.5, 0.6) is 0 Å². The molecule has 0 unspecified atom stereocenters. The molecule has 2 heterocycles. The highest BCUT2D eigenvalue weighted by Crippen LogP contribution is 2.21.